The zero-order valence-electron chi connectivity index (χ0n) is 17.2. The molecule has 6 nitrogen and oxygen atoms in total. The fourth-order valence-corrected chi connectivity index (χ4v) is 4.07. The molecule has 0 spiro atoms. The van der Waals surface area contributed by atoms with E-state index in [4.69, 9.17) is 0 Å². The summed E-state index contributed by atoms with van der Waals surface area (Å²) in [6.07, 6.45) is 0.168. The first-order valence-electron chi connectivity index (χ1n) is 10.5. The summed E-state index contributed by atoms with van der Waals surface area (Å²) in [6, 6.07) is 3.26. The molecule has 0 unspecified atom stereocenters. The molecular formula is C21H29F3N4O2. The van der Waals surface area contributed by atoms with Crippen LogP contribution >= 0.6 is 0 Å². The second-order valence-corrected chi connectivity index (χ2v) is 7.96. The van der Waals surface area contributed by atoms with E-state index in [2.05, 4.69) is 10.2 Å². The molecule has 166 valence electrons. The number of hydrogen-bond donors (Lipinski definition) is 1. The van der Waals surface area contributed by atoms with Gasteiger partial charge in [0.1, 0.15) is 6.04 Å². The van der Waals surface area contributed by atoms with Crippen molar-refractivity contribution in [3.8, 4) is 0 Å². The van der Waals surface area contributed by atoms with Crippen LogP contribution in [0, 0.1) is 0 Å². The first-order chi connectivity index (χ1) is 14.3. The molecule has 1 aromatic rings. The van der Waals surface area contributed by atoms with Crippen molar-refractivity contribution in [2.45, 2.75) is 44.8 Å². The van der Waals surface area contributed by atoms with Gasteiger partial charge in [0.15, 0.2) is 0 Å². The van der Waals surface area contributed by atoms with E-state index in [9.17, 15) is 22.8 Å². The largest absolute Gasteiger partial charge is 0.416 e. The molecule has 9 heteroatoms. The summed E-state index contributed by atoms with van der Waals surface area (Å²) < 4.78 is 38.6. The SMILES string of the molecule is C[C@H]1C(=O)N(CCCN2CCCCC2)CCN1C(=O)Nc1cccc(C(F)(F)F)c1. The average molecular weight is 426 g/mol. The number of benzene rings is 1. The number of piperazine rings is 1. The lowest BCUT2D eigenvalue weighted by atomic mass is 10.1. The molecule has 0 aliphatic carbocycles. The standard InChI is InChI=1S/C21H29F3N4O2/c1-16-19(29)27(12-6-11-26-9-3-2-4-10-26)13-14-28(16)20(30)25-18-8-5-7-17(15-18)21(22,23)24/h5,7-8,15-16H,2-4,6,9-14H2,1H3,(H,25,30)/t16-/m0/s1. The minimum absolute atomic E-state index is 0.0541. The van der Waals surface area contributed by atoms with E-state index < -0.39 is 23.8 Å². The van der Waals surface area contributed by atoms with Crippen LogP contribution in [0.25, 0.3) is 0 Å². The van der Waals surface area contributed by atoms with Crippen LogP contribution in [-0.2, 0) is 11.0 Å². The third-order valence-corrected chi connectivity index (χ3v) is 5.80. The van der Waals surface area contributed by atoms with Crippen LogP contribution < -0.4 is 5.32 Å². The van der Waals surface area contributed by atoms with E-state index in [1.807, 2.05) is 0 Å². The predicted octanol–water partition coefficient (Wildman–Crippen LogP) is 3.65. The Morgan fingerprint density at radius 1 is 1.10 bits per heavy atom. The number of likely N-dealkylation sites (tertiary alicyclic amines) is 1. The third-order valence-electron chi connectivity index (χ3n) is 5.80. The number of nitrogens with zero attached hydrogens (tertiary/aromatic N) is 3. The predicted molar refractivity (Wildman–Crippen MR) is 108 cm³/mol. The Hall–Kier alpha value is -2.29. The molecule has 1 atom stereocenters. The van der Waals surface area contributed by atoms with Crippen LogP contribution in [0.1, 0.15) is 38.2 Å². The van der Waals surface area contributed by atoms with Gasteiger partial charge in [0.05, 0.1) is 5.56 Å². The van der Waals surface area contributed by atoms with Crippen LogP contribution in [0.4, 0.5) is 23.7 Å². The minimum atomic E-state index is -4.48. The van der Waals surface area contributed by atoms with Crippen molar-refractivity contribution in [1.82, 2.24) is 14.7 Å². The van der Waals surface area contributed by atoms with E-state index in [1.165, 1.54) is 36.3 Å². The van der Waals surface area contributed by atoms with Gasteiger partial charge in [-0.15, -0.1) is 0 Å². The van der Waals surface area contributed by atoms with Gasteiger partial charge in [0.2, 0.25) is 5.91 Å². The Kier molecular flexibility index (Phi) is 7.23. The molecule has 30 heavy (non-hydrogen) atoms. The summed E-state index contributed by atoms with van der Waals surface area (Å²) in [5, 5.41) is 2.49. The Morgan fingerprint density at radius 2 is 1.83 bits per heavy atom. The number of carbonyl (C=O) groups excluding carboxylic acids is 2. The topological polar surface area (TPSA) is 55.9 Å². The van der Waals surface area contributed by atoms with Gasteiger partial charge < -0.3 is 20.0 Å². The molecule has 0 aromatic heterocycles. The average Bonchev–Trinajstić information content (AvgIpc) is 2.71. The Bertz CT molecular complexity index is 750. The summed E-state index contributed by atoms with van der Waals surface area (Å²) in [7, 11) is 0. The molecule has 0 saturated carbocycles. The highest BCUT2D eigenvalue weighted by molar-refractivity contribution is 5.94. The van der Waals surface area contributed by atoms with Crippen molar-refractivity contribution in [1.29, 1.82) is 0 Å². The fourth-order valence-electron chi connectivity index (χ4n) is 4.07. The number of amides is 3. The van der Waals surface area contributed by atoms with Crippen LogP contribution in [0.15, 0.2) is 24.3 Å². The number of carbonyl (C=O) groups is 2. The molecule has 1 aromatic carbocycles. The van der Waals surface area contributed by atoms with Gasteiger partial charge in [0.25, 0.3) is 0 Å². The summed E-state index contributed by atoms with van der Waals surface area (Å²) in [6.45, 7) is 6.30. The van der Waals surface area contributed by atoms with E-state index in [1.54, 1.807) is 11.8 Å². The molecule has 2 aliphatic rings. The number of anilines is 1. The third kappa shape index (κ3) is 5.65. The number of halogens is 3. The number of rotatable bonds is 5. The molecule has 2 fully saturated rings. The molecule has 3 rings (SSSR count). The van der Waals surface area contributed by atoms with Crippen molar-refractivity contribution < 1.29 is 22.8 Å². The van der Waals surface area contributed by atoms with E-state index >= 15 is 0 Å². The van der Waals surface area contributed by atoms with Gasteiger partial charge in [-0.2, -0.15) is 13.2 Å². The van der Waals surface area contributed by atoms with Crippen LogP contribution in [0.5, 0.6) is 0 Å². The second kappa shape index (κ2) is 9.68. The highest BCUT2D eigenvalue weighted by atomic mass is 19.4. The lowest BCUT2D eigenvalue weighted by Gasteiger charge is -2.39. The van der Waals surface area contributed by atoms with Crippen molar-refractivity contribution in [2.24, 2.45) is 0 Å². The Morgan fingerprint density at radius 3 is 2.53 bits per heavy atom. The molecule has 3 amide bonds. The maximum absolute atomic E-state index is 12.9. The van der Waals surface area contributed by atoms with Crippen LogP contribution in [0.3, 0.4) is 0 Å². The van der Waals surface area contributed by atoms with Crippen LogP contribution in [0.2, 0.25) is 0 Å². The maximum Gasteiger partial charge on any atom is 0.416 e. The number of alkyl halides is 3. The monoisotopic (exact) mass is 426 g/mol. The fraction of sp³-hybridized carbons (Fsp3) is 0.619. The van der Waals surface area contributed by atoms with E-state index in [0.29, 0.717) is 19.6 Å². The van der Waals surface area contributed by atoms with Gasteiger partial charge in [0, 0.05) is 25.3 Å². The highest BCUT2D eigenvalue weighted by Crippen LogP contribution is 2.30. The number of urea groups is 1. The highest BCUT2D eigenvalue weighted by Gasteiger charge is 2.35. The Balaban J connectivity index is 1.51. The first kappa shape index (κ1) is 22.4. The number of nitrogens with one attached hydrogen (secondary N) is 1. The molecule has 2 heterocycles. The molecule has 2 saturated heterocycles. The second-order valence-electron chi connectivity index (χ2n) is 7.96. The summed E-state index contributed by atoms with van der Waals surface area (Å²) in [5.74, 6) is -0.126. The molecule has 2 aliphatic heterocycles. The summed E-state index contributed by atoms with van der Waals surface area (Å²) in [5.41, 5.74) is -0.776. The van der Waals surface area contributed by atoms with Gasteiger partial charge in [-0.25, -0.2) is 4.79 Å². The molecular weight excluding hydrogens is 397 g/mol. The quantitative estimate of drug-likeness (QED) is 0.782. The zero-order chi connectivity index (χ0) is 21.7. The Labute approximate surface area is 175 Å². The van der Waals surface area contributed by atoms with E-state index in [0.717, 1.165) is 38.2 Å². The van der Waals surface area contributed by atoms with Gasteiger partial charge in [-0.3, -0.25) is 4.79 Å². The summed E-state index contributed by atoms with van der Waals surface area (Å²) in [4.78, 5) is 30.9. The lowest BCUT2D eigenvalue weighted by Crippen LogP contribution is -2.58. The van der Waals surface area contributed by atoms with E-state index in [-0.39, 0.29) is 11.6 Å². The first-order valence-corrected chi connectivity index (χ1v) is 10.5. The van der Waals surface area contributed by atoms with Crippen molar-refractivity contribution in [2.75, 3.05) is 44.6 Å². The van der Waals surface area contributed by atoms with Crippen LogP contribution in [-0.4, -0.2) is 71.9 Å². The number of hydrogen-bond acceptors (Lipinski definition) is 3. The smallest absolute Gasteiger partial charge is 0.339 e. The molecule has 0 radical (unpaired) electrons. The van der Waals surface area contributed by atoms with Crippen molar-refractivity contribution >= 4 is 17.6 Å². The molecule has 0 bridgehead atoms. The van der Waals surface area contributed by atoms with Crippen molar-refractivity contribution in [3.05, 3.63) is 29.8 Å². The number of piperidine rings is 1. The minimum Gasteiger partial charge on any atom is -0.339 e. The maximum atomic E-state index is 12.9. The van der Waals surface area contributed by atoms with Gasteiger partial charge >= 0.3 is 12.2 Å². The van der Waals surface area contributed by atoms with Gasteiger partial charge in [-0.05, 0) is 64.0 Å². The lowest BCUT2D eigenvalue weighted by molar-refractivity contribution is -0.139. The van der Waals surface area contributed by atoms with Gasteiger partial charge in [-0.1, -0.05) is 12.5 Å². The normalized spacial score (nSPS) is 21.1. The summed E-state index contributed by atoms with van der Waals surface area (Å²) >= 11 is 0. The molecule has 1 N–H and O–H groups in total. The zero-order valence-corrected chi connectivity index (χ0v) is 17.2. The van der Waals surface area contributed by atoms with Crippen molar-refractivity contribution in [3.63, 3.8) is 0 Å².